The second-order valence-corrected chi connectivity index (χ2v) is 8.13. The van der Waals surface area contributed by atoms with Gasteiger partial charge in [-0.25, -0.2) is 4.98 Å². The van der Waals surface area contributed by atoms with E-state index in [2.05, 4.69) is 10.2 Å². The third-order valence-corrected chi connectivity index (χ3v) is 5.99. The maximum atomic E-state index is 13.7. The summed E-state index contributed by atoms with van der Waals surface area (Å²) in [6.45, 7) is 6.37. The molecule has 4 rings (SSSR count). The van der Waals surface area contributed by atoms with E-state index in [9.17, 15) is 4.79 Å². The lowest BCUT2D eigenvalue weighted by molar-refractivity contribution is 0.0786. The van der Waals surface area contributed by atoms with Gasteiger partial charge in [-0.15, -0.1) is 0 Å². The topological polar surface area (TPSA) is 78.1 Å². The standard InChI is InChI=1S/C24H28N6O2/c1-14-20(16(3)29(5)26-14)13-28(4)24(31)19-12-21(17-8-10-18(32-7)11-9-17)25-23-22(19)15(2)27-30(23)6/h8-12H,13H2,1-7H3. The monoisotopic (exact) mass is 432 g/mol. The van der Waals surface area contributed by atoms with Crippen molar-refractivity contribution >= 4 is 16.9 Å². The van der Waals surface area contributed by atoms with Crippen molar-refractivity contribution in [1.82, 2.24) is 29.4 Å². The zero-order valence-electron chi connectivity index (χ0n) is 19.6. The maximum Gasteiger partial charge on any atom is 0.254 e. The largest absolute Gasteiger partial charge is 0.497 e. The molecule has 0 atom stereocenters. The summed E-state index contributed by atoms with van der Waals surface area (Å²) in [4.78, 5) is 20.2. The molecule has 8 nitrogen and oxygen atoms in total. The van der Waals surface area contributed by atoms with Gasteiger partial charge in [-0.05, 0) is 51.1 Å². The molecule has 166 valence electrons. The third kappa shape index (κ3) is 3.62. The van der Waals surface area contributed by atoms with Gasteiger partial charge in [0.25, 0.3) is 5.91 Å². The highest BCUT2D eigenvalue weighted by molar-refractivity contribution is 6.07. The van der Waals surface area contributed by atoms with Crippen LogP contribution in [0.4, 0.5) is 0 Å². The van der Waals surface area contributed by atoms with Crippen molar-refractivity contribution in [3.63, 3.8) is 0 Å². The SMILES string of the molecule is COc1ccc(-c2cc(C(=O)N(C)Cc3c(C)nn(C)c3C)c3c(C)nn(C)c3n2)cc1. The summed E-state index contributed by atoms with van der Waals surface area (Å²) in [6, 6.07) is 9.52. The van der Waals surface area contributed by atoms with Crippen LogP contribution in [0, 0.1) is 20.8 Å². The van der Waals surface area contributed by atoms with Crippen molar-refractivity contribution in [3.05, 3.63) is 58.5 Å². The van der Waals surface area contributed by atoms with Crippen molar-refractivity contribution in [2.24, 2.45) is 14.1 Å². The molecule has 0 aliphatic heterocycles. The number of amides is 1. The Morgan fingerprint density at radius 3 is 2.28 bits per heavy atom. The normalized spacial score (nSPS) is 11.2. The second-order valence-electron chi connectivity index (χ2n) is 8.13. The Bertz CT molecular complexity index is 1320. The van der Waals surface area contributed by atoms with Gasteiger partial charge in [0.15, 0.2) is 5.65 Å². The predicted octanol–water partition coefficient (Wildman–Crippen LogP) is 3.57. The van der Waals surface area contributed by atoms with Crippen molar-refractivity contribution < 1.29 is 9.53 Å². The molecule has 0 unspecified atom stereocenters. The number of nitrogens with zero attached hydrogens (tertiary/aromatic N) is 6. The molecule has 3 heterocycles. The molecule has 4 aromatic rings. The number of pyridine rings is 1. The molecule has 1 aromatic carbocycles. The Hall–Kier alpha value is -3.68. The lowest BCUT2D eigenvalue weighted by atomic mass is 10.0. The minimum Gasteiger partial charge on any atom is -0.497 e. The lowest BCUT2D eigenvalue weighted by Crippen LogP contribution is -2.27. The fourth-order valence-corrected chi connectivity index (χ4v) is 4.08. The molecule has 32 heavy (non-hydrogen) atoms. The number of ether oxygens (including phenoxy) is 1. The first-order valence-electron chi connectivity index (χ1n) is 10.4. The summed E-state index contributed by atoms with van der Waals surface area (Å²) in [6.07, 6.45) is 0. The fraction of sp³-hybridized carbons (Fsp3) is 0.333. The van der Waals surface area contributed by atoms with Crippen molar-refractivity contribution in [1.29, 1.82) is 0 Å². The lowest BCUT2D eigenvalue weighted by Gasteiger charge is -2.19. The van der Waals surface area contributed by atoms with Gasteiger partial charge in [-0.1, -0.05) is 0 Å². The molecule has 0 aliphatic rings. The molecule has 0 saturated heterocycles. The van der Waals surface area contributed by atoms with Gasteiger partial charge in [0.2, 0.25) is 0 Å². The number of fused-ring (bicyclic) bond motifs is 1. The van der Waals surface area contributed by atoms with E-state index in [1.165, 1.54) is 0 Å². The summed E-state index contributed by atoms with van der Waals surface area (Å²) < 4.78 is 8.84. The number of aryl methyl sites for hydroxylation is 4. The predicted molar refractivity (Wildman–Crippen MR) is 124 cm³/mol. The van der Waals surface area contributed by atoms with Crippen LogP contribution in [-0.2, 0) is 20.6 Å². The highest BCUT2D eigenvalue weighted by Crippen LogP contribution is 2.29. The minimum absolute atomic E-state index is 0.0779. The van der Waals surface area contributed by atoms with Gasteiger partial charge in [0.1, 0.15) is 5.75 Å². The Kier molecular flexibility index (Phi) is 5.46. The van der Waals surface area contributed by atoms with Crippen LogP contribution >= 0.6 is 0 Å². The third-order valence-electron chi connectivity index (χ3n) is 5.99. The molecular weight excluding hydrogens is 404 g/mol. The van der Waals surface area contributed by atoms with E-state index in [0.29, 0.717) is 23.4 Å². The first-order chi connectivity index (χ1) is 15.2. The van der Waals surface area contributed by atoms with E-state index in [-0.39, 0.29) is 5.91 Å². The number of hydrogen-bond donors (Lipinski definition) is 0. The van der Waals surface area contributed by atoms with E-state index in [1.807, 2.05) is 76.9 Å². The zero-order chi connectivity index (χ0) is 23.2. The van der Waals surface area contributed by atoms with Gasteiger partial charge in [0, 0.05) is 44.5 Å². The van der Waals surface area contributed by atoms with Gasteiger partial charge >= 0.3 is 0 Å². The molecule has 0 saturated carbocycles. The van der Waals surface area contributed by atoms with Crippen LogP contribution in [0.1, 0.15) is 33.0 Å². The van der Waals surface area contributed by atoms with Crippen molar-refractivity contribution in [2.45, 2.75) is 27.3 Å². The number of carbonyl (C=O) groups is 1. The number of carbonyl (C=O) groups excluding carboxylic acids is 1. The summed E-state index contributed by atoms with van der Waals surface area (Å²) in [5, 5.41) is 9.78. The van der Waals surface area contributed by atoms with Crippen LogP contribution < -0.4 is 4.74 Å². The zero-order valence-corrected chi connectivity index (χ0v) is 19.6. The van der Waals surface area contributed by atoms with E-state index in [0.717, 1.165) is 39.3 Å². The molecule has 0 bridgehead atoms. The molecule has 3 aromatic heterocycles. The summed E-state index contributed by atoms with van der Waals surface area (Å²) in [5.74, 6) is 0.690. The second kappa shape index (κ2) is 8.11. The molecular formula is C24H28N6O2. The van der Waals surface area contributed by atoms with E-state index in [4.69, 9.17) is 9.72 Å². The average molecular weight is 433 g/mol. The van der Waals surface area contributed by atoms with Gasteiger partial charge < -0.3 is 9.64 Å². The first-order valence-corrected chi connectivity index (χ1v) is 10.4. The quantitative estimate of drug-likeness (QED) is 0.482. The van der Waals surface area contributed by atoms with E-state index in [1.54, 1.807) is 16.7 Å². The average Bonchev–Trinajstić information content (AvgIpc) is 3.21. The van der Waals surface area contributed by atoms with Gasteiger partial charge in [-0.3, -0.25) is 14.2 Å². The Morgan fingerprint density at radius 1 is 1.03 bits per heavy atom. The maximum absolute atomic E-state index is 13.7. The summed E-state index contributed by atoms with van der Waals surface area (Å²) >= 11 is 0. The summed E-state index contributed by atoms with van der Waals surface area (Å²) in [5.41, 5.74) is 6.72. The number of benzene rings is 1. The molecule has 0 radical (unpaired) electrons. The number of methoxy groups -OCH3 is 1. The smallest absolute Gasteiger partial charge is 0.254 e. The van der Waals surface area contributed by atoms with Gasteiger partial charge in [0.05, 0.1) is 35.1 Å². The number of hydrogen-bond acceptors (Lipinski definition) is 5. The van der Waals surface area contributed by atoms with Crippen molar-refractivity contribution in [2.75, 3.05) is 14.2 Å². The Balaban J connectivity index is 1.80. The molecule has 0 spiro atoms. The molecule has 0 fully saturated rings. The summed E-state index contributed by atoms with van der Waals surface area (Å²) in [7, 11) is 7.22. The van der Waals surface area contributed by atoms with E-state index < -0.39 is 0 Å². The highest BCUT2D eigenvalue weighted by Gasteiger charge is 2.23. The van der Waals surface area contributed by atoms with Crippen LogP contribution in [0.5, 0.6) is 5.75 Å². The molecule has 0 N–H and O–H groups in total. The highest BCUT2D eigenvalue weighted by atomic mass is 16.5. The van der Waals surface area contributed by atoms with Crippen LogP contribution in [-0.4, -0.2) is 49.5 Å². The molecule has 0 aliphatic carbocycles. The van der Waals surface area contributed by atoms with Crippen molar-refractivity contribution in [3.8, 4) is 17.0 Å². The van der Waals surface area contributed by atoms with Crippen LogP contribution in [0.2, 0.25) is 0 Å². The first kappa shape index (κ1) is 21.5. The van der Waals surface area contributed by atoms with Crippen LogP contribution in [0.3, 0.4) is 0 Å². The van der Waals surface area contributed by atoms with Crippen LogP contribution in [0.25, 0.3) is 22.3 Å². The molecule has 8 heteroatoms. The minimum atomic E-state index is -0.0779. The van der Waals surface area contributed by atoms with E-state index >= 15 is 0 Å². The van der Waals surface area contributed by atoms with Gasteiger partial charge in [-0.2, -0.15) is 10.2 Å². The Morgan fingerprint density at radius 2 is 1.69 bits per heavy atom. The Labute approximate surface area is 187 Å². The fourth-order valence-electron chi connectivity index (χ4n) is 4.08. The van der Waals surface area contributed by atoms with Crippen LogP contribution in [0.15, 0.2) is 30.3 Å². The number of rotatable bonds is 5. The number of aromatic nitrogens is 5. The molecule has 1 amide bonds.